The van der Waals surface area contributed by atoms with Gasteiger partial charge in [-0.05, 0) is 46.5 Å². The van der Waals surface area contributed by atoms with E-state index in [0.29, 0.717) is 12.1 Å². The molecule has 1 heterocycles. The molecule has 2 rings (SSSR count). The van der Waals surface area contributed by atoms with Crippen LogP contribution in [0.15, 0.2) is 0 Å². The largest absolute Gasteiger partial charge is 0.444 e. The Hall–Kier alpha value is -0.810. The quantitative estimate of drug-likeness (QED) is 0.814. The molecule has 5 nitrogen and oxygen atoms in total. The second kappa shape index (κ2) is 5.67. The van der Waals surface area contributed by atoms with Crippen LogP contribution in [0.1, 0.15) is 46.5 Å². The van der Waals surface area contributed by atoms with E-state index in [4.69, 9.17) is 10.5 Å². The van der Waals surface area contributed by atoms with Crippen LogP contribution in [0.25, 0.3) is 0 Å². The minimum atomic E-state index is -0.418. The predicted molar refractivity (Wildman–Crippen MR) is 75.0 cm³/mol. The molecule has 3 N–H and O–H groups in total. The summed E-state index contributed by atoms with van der Waals surface area (Å²) in [6.07, 6.45) is 4.06. The van der Waals surface area contributed by atoms with E-state index in [1.54, 1.807) is 0 Å². The molecule has 2 fully saturated rings. The summed E-state index contributed by atoms with van der Waals surface area (Å²) in [6, 6.07) is 1.17. The Balaban J connectivity index is 1.78. The number of nitrogens with one attached hydrogen (secondary N) is 1. The van der Waals surface area contributed by atoms with E-state index in [-0.39, 0.29) is 12.1 Å². The molecule has 110 valence electrons. The third-order valence-electron chi connectivity index (χ3n) is 3.82. The lowest BCUT2D eigenvalue weighted by atomic mass is 9.87. The lowest BCUT2D eigenvalue weighted by Gasteiger charge is -2.35. The number of rotatable bonds is 3. The van der Waals surface area contributed by atoms with Gasteiger partial charge in [0.1, 0.15) is 5.60 Å². The molecule has 1 aliphatic carbocycles. The number of nitrogens with zero attached hydrogens (tertiary/aromatic N) is 1. The van der Waals surface area contributed by atoms with E-state index in [2.05, 4.69) is 5.32 Å². The maximum absolute atomic E-state index is 12.1. The van der Waals surface area contributed by atoms with Gasteiger partial charge < -0.3 is 20.7 Å². The number of ether oxygens (including phenoxy) is 1. The standard InChI is InChI=1S/C14H27N3O2/c1-14(2,3)19-13(18)17-6-4-5-12(17)9-16-11-7-10(15)8-11/h10-12,16H,4-9,15H2,1-3H3. The highest BCUT2D eigenvalue weighted by Crippen LogP contribution is 2.22. The highest BCUT2D eigenvalue weighted by atomic mass is 16.6. The molecule has 0 bridgehead atoms. The van der Waals surface area contributed by atoms with Gasteiger partial charge in [0.2, 0.25) is 0 Å². The van der Waals surface area contributed by atoms with Crippen LogP contribution in [-0.2, 0) is 4.74 Å². The zero-order valence-electron chi connectivity index (χ0n) is 12.3. The van der Waals surface area contributed by atoms with Crippen LogP contribution in [0.4, 0.5) is 4.79 Å². The summed E-state index contributed by atoms with van der Waals surface area (Å²) in [5, 5.41) is 3.51. The molecule has 1 atom stereocenters. The van der Waals surface area contributed by atoms with Crippen molar-refractivity contribution in [3.8, 4) is 0 Å². The van der Waals surface area contributed by atoms with Crippen LogP contribution in [0, 0.1) is 0 Å². The number of hydrogen-bond donors (Lipinski definition) is 2. The molecule has 1 unspecified atom stereocenters. The number of carbonyl (C=O) groups is 1. The van der Waals surface area contributed by atoms with Crippen LogP contribution in [0.3, 0.4) is 0 Å². The molecule has 2 aliphatic rings. The molecular formula is C14H27N3O2. The van der Waals surface area contributed by atoms with Crippen molar-refractivity contribution in [2.75, 3.05) is 13.1 Å². The van der Waals surface area contributed by atoms with Gasteiger partial charge in [-0.15, -0.1) is 0 Å². The first-order chi connectivity index (χ1) is 8.85. The average Bonchev–Trinajstić information content (AvgIpc) is 2.68. The molecule has 0 aromatic rings. The summed E-state index contributed by atoms with van der Waals surface area (Å²) in [5.41, 5.74) is 5.35. The Morgan fingerprint density at radius 1 is 1.42 bits per heavy atom. The molecule has 19 heavy (non-hydrogen) atoms. The molecule has 0 spiro atoms. The van der Waals surface area contributed by atoms with Crippen LogP contribution in [-0.4, -0.2) is 47.8 Å². The number of likely N-dealkylation sites (tertiary alicyclic amines) is 1. The molecule has 0 aromatic carbocycles. The summed E-state index contributed by atoms with van der Waals surface area (Å²) >= 11 is 0. The fourth-order valence-electron chi connectivity index (χ4n) is 2.74. The summed E-state index contributed by atoms with van der Waals surface area (Å²) in [4.78, 5) is 14.0. The molecule has 0 aromatic heterocycles. The summed E-state index contributed by atoms with van der Waals surface area (Å²) < 4.78 is 5.46. The minimum absolute atomic E-state index is 0.179. The Morgan fingerprint density at radius 2 is 2.11 bits per heavy atom. The van der Waals surface area contributed by atoms with Crippen molar-refractivity contribution in [1.82, 2.24) is 10.2 Å². The Bertz CT molecular complexity index is 321. The molecule has 1 saturated carbocycles. The molecule has 1 aliphatic heterocycles. The van der Waals surface area contributed by atoms with Gasteiger partial charge in [0.05, 0.1) is 0 Å². The number of amides is 1. The number of hydrogen-bond acceptors (Lipinski definition) is 4. The first-order valence-electron chi connectivity index (χ1n) is 7.34. The fraction of sp³-hybridized carbons (Fsp3) is 0.929. The van der Waals surface area contributed by atoms with Gasteiger partial charge in [-0.1, -0.05) is 0 Å². The second-order valence-corrected chi connectivity index (χ2v) is 6.81. The average molecular weight is 269 g/mol. The SMILES string of the molecule is CC(C)(C)OC(=O)N1CCCC1CNC1CC(N)C1. The van der Waals surface area contributed by atoms with Gasteiger partial charge in [-0.2, -0.15) is 0 Å². The molecule has 5 heteroatoms. The van der Waals surface area contributed by atoms with E-state index < -0.39 is 5.60 Å². The van der Waals surface area contributed by atoms with Crippen molar-refractivity contribution in [3.05, 3.63) is 0 Å². The van der Waals surface area contributed by atoms with Gasteiger partial charge in [0.15, 0.2) is 0 Å². The van der Waals surface area contributed by atoms with E-state index in [1.807, 2.05) is 25.7 Å². The van der Waals surface area contributed by atoms with Crippen molar-refractivity contribution >= 4 is 6.09 Å². The van der Waals surface area contributed by atoms with Crippen molar-refractivity contribution in [2.24, 2.45) is 5.73 Å². The van der Waals surface area contributed by atoms with Crippen molar-refractivity contribution in [2.45, 2.75) is 70.2 Å². The van der Waals surface area contributed by atoms with Crippen LogP contribution in [0.2, 0.25) is 0 Å². The van der Waals surface area contributed by atoms with Crippen molar-refractivity contribution in [1.29, 1.82) is 0 Å². The van der Waals surface area contributed by atoms with E-state index >= 15 is 0 Å². The first-order valence-corrected chi connectivity index (χ1v) is 7.34. The van der Waals surface area contributed by atoms with E-state index in [0.717, 1.165) is 38.8 Å². The van der Waals surface area contributed by atoms with Crippen LogP contribution >= 0.6 is 0 Å². The Kier molecular flexibility index (Phi) is 4.36. The van der Waals surface area contributed by atoms with Crippen LogP contribution < -0.4 is 11.1 Å². The second-order valence-electron chi connectivity index (χ2n) is 6.81. The molecule has 0 radical (unpaired) electrons. The topological polar surface area (TPSA) is 67.6 Å². The van der Waals surface area contributed by atoms with E-state index in [9.17, 15) is 4.79 Å². The molecule has 1 saturated heterocycles. The maximum atomic E-state index is 12.1. The lowest BCUT2D eigenvalue weighted by molar-refractivity contribution is 0.0222. The summed E-state index contributed by atoms with van der Waals surface area (Å²) in [7, 11) is 0. The highest BCUT2D eigenvalue weighted by molar-refractivity contribution is 5.69. The Morgan fingerprint density at radius 3 is 2.68 bits per heavy atom. The van der Waals surface area contributed by atoms with Crippen LogP contribution in [0.5, 0.6) is 0 Å². The third-order valence-corrected chi connectivity index (χ3v) is 3.82. The van der Waals surface area contributed by atoms with Gasteiger partial charge in [0.25, 0.3) is 0 Å². The lowest BCUT2D eigenvalue weighted by Crippen LogP contribution is -2.52. The van der Waals surface area contributed by atoms with Crippen molar-refractivity contribution < 1.29 is 9.53 Å². The summed E-state index contributed by atoms with van der Waals surface area (Å²) in [6.45, 7) is 7.39. The fourth-order valence-corrected chi connectivity index (χ4v) is 2.74. The van der Waals surface area contributed by atoms with E-state index in [1.165, 1.54) is 0 Å². The Labute approximate surface area is 115 Å². The molecule has 1 amide bonds. The monoisotopic (exact) mass is 269 g/mol. The third kappa shape index (κ3) is 4.08. The normalized spacial score (nSPS) is 31.2. The zero-order valence-corrected chi connectivity index (χ0v) is 12.3. The van der Waals surface area contributed by atoms with Gasteiger partial charge in [-0.25, -0.2) is 4.79 Å². The van der Waals surface area contributed by atoms with Crippen molar-refractivity contribution in [3.63, 3.8) is 0 Å². The highest BCUT2D eigenvalue weighted by Gasteiger charge is 2.33. The number of carbonyl (C=O) groups excluding carboxylic acids is 1. The number of nitrogens with two attached hydrogens (primary N) is 1. The zero-order chi connectivity index (χ0) is 14.0. The summed E-state index contributed by atoms with van der Waals surface area (Å²) in [5.74, 6) is 0. The maximum Gasteiger partial charge on any atom is 0.410 e. The predicted octanol–water partition coefficient (Wildman–Crippen LogP) is 1.47. The smallest absolute Gasteiger partial charge is 0.410 e. The molecular weight excluding hydrogens is 242 g/mol. The minimum Gasteiger partial charge on any atom is -0.444 e. The van der Waals surface area contributed by atoms with Gasteiger partial charge >= 0.3 is 6.09 Å². The van der Waals surface area contributed by atoms with Gasteiger partial charge in [0, 0.05) is 31.2 Å². The van der Waals surface area contributed by atoms with Gasteiger partial charge in [-0.3, -0.25) is 0 Å². The first kappa shape index (κ1) is 14.6.